The second-order valence-corrected chi connectivity index (χ2v) is 7.78. The van der Waals surface area contributed by atoms with E-state index in [0.717, 1.165) is 4.34 Å². The molecule has 24 heavy (non-hydrogen) atoms. The number of thioether (sulfide) groups is 1. The number of nitrogens with one attached hydrogen (secondary N) is 1. The molecule has 1 amide bonds. The van der Waals surface area contributed by atoms with Gasteiger partial charge in [0.1, 0.15) is 5.82 Å². The molecule has 1 aromatic heterocycles. The Bertz CT molecular complexity index is 699. The maximum Gasteiger partial charge on any atom is 0.226 e. The third-order valence-electron chi connectivity index (χ3n) is 3.07. The molecule has 0 saturated heterocycles. The number of aromatic nitrogens is 1. The van der Waals surface area contributed by atoms with E-state index in [2.05, 4.69) is 10.3 Å². The molecule has 128 valence electrons. The van der Waals surface area contributed by atoms with Gasteiger partial charge in [-0.2, -0.15) is 0 Å². The zero-order chi connectivity index (χ0) is 17.5. The molecule has 0 aliphatic rings. The van der Waals surface area contributed by atoms with Crippen LogP contribution in [-0.4, -0.2) is 29.0 Å². The van der Waals surface area contributed by atoms with Crippen LogP contribution >= 0.6 is 23.1 Å². The van der Waals surface area contributed by atoms with Crippen LogP contribution in [0.15, 0.2) is 34.0 Å². The predicted molar refractivity (Wildman–Crippen MR) is 95.1 cm³/mol. The van der Waals surface area contributed by atoms with Crippen molar-refractivity contribution in [2.45, 2.75) is 24.6 Å². The number of carbonyl (C=O) groups excluding carboxylic acids is 2. The smallest absolute Gasteiger partial charge is 0.226 e. The molecular formula is C17H19FN2O2S2. The fraction of sp³-hybridized carbons (Fsp3) is 0.353. The van der Waals surface area contributed by atoms with Crippen molar-refractivity contribution in [1.29, 1.82) is 0 Å². The van der Waals surface area contributed by atoms with Crippen LogP contribution in [0.1, 0.15) is 29.9 Å². The van der Waals surface area contributed by atoms with E-state index < -0.39 is 0 Å². The number of hydrogen-bond donors (Lipinski definition) is 1. The lowest BCUT2D eigenvalue weighted by Gasteiger charge is -2.06. The average molecular weight is 366 g/mol. The van der Waals surface area contributed by atoms with Crippen LogP contribution < -0.4 is 5.32 Å². The fourth-order valence-corrected chi connectivity index (χ4v) is 3.57. The normalized spacial score (nSPS) is 10.8. The van der Waals surface area contributed by atoms with Crippen LogP contribution in [0.3, 0.4) is 0 Å². The number of amides is 1. The van der Waals surface area contributed by atoms with Gasteiger partial charge in [-0.1, -0.05) is 25.6 Å². The molecular weight excluding hydrogens is 347 g/mol. The van der Waals surface area contributed by atoms with Gasteiger partial charge in [-0.25, -0.2) is 9.37 Å². The lowest BCUT2D eigenvalue weighted by atomic mass is 10.1. The molecule has 7 heteroatoms. The number of ketones is 1. The highest BCUT2D eigenvalue weighted by Crippen LogP contribution is 2.24. The molecule has 0 aliphatic carbocycles. The molecule has 1 heterocycles. The van der Waals surface area contributed by atoms with Crippen molar-refractivity contribution < 1.29 is 14.0 Å². The summed E-state index contributed by atoms with van der Waals surface area (Å²) in [6.45, 7) is 4.72. The minimum Gasteiger partial charge on any atom is -0.356 e. The summed E-state index contributed by atoms with van der Waals surface area (Å²) in [5.74, 6) is 0.157. The van der Waals surface area contributed by atoms with E-state index in [9.17, 15) is 14.0 Å². The SMILES string of the molecule is CC(C)CNC(=O)Cc1csc(SCC(=O)c2ccc(F)cc2)n1. The number of rotatable bonds is 8. The first-order chi connectivity index (χ1) is 11.4. The second-order valence-electron chi connectivity index (χ2n) is 5.70. The van der Waals surface area contributed by atoms with E-state index in [-0.39, 0.29) is 29.7 Å². The highest BCUT2D eigenvalue weighted by molar-refractivity contribution is 8.01. The third kappa shape index (κ3) is 6.05. The molecule has 0 radical (unpaired) electrons. The summed E-state index contributed by atoms with van der Waals surface area (Å²) in [5.41, 5.74) is 1.19. The van der Waals surface area contributed by atoms with Crippen molar-refractivity contribution >= 4 is 34.8 Å². The molecule has 2 rings (SSSR count). The maximum absolute atomic E-state index is 12.8. The molecule has 0 saturated carbocycles. The second kappa shape index (κ2) is 8.94. The Kier molecular flexibility index (Phi) is 6.93. The van der Waals surface area contributed by atoms with Gasteiger partial charge >= 0.3 is 0 Å². The highest BCUT2D eigenvalue weighted by Gasteiger charge is 2.11. The Balaban J connectivity index is 1.82. The van der Waals surface area contributed by atoms with Gasteiger partial charge in [0, 0.05) is 17.5 Å². The average Bonchev–Trinajstić information content (AvgIpc) is 2.98. The Morgan fingerprint density at radius 3 is 2.67 bits per heavy atom. The molecule has 1 aromatic carbocycles. The van der Waals surface area contributed by atoms with Gasteiger partial charge in [-0.3, -0.25) is 9.59 Å². The quantitative estimate of drug-likeness (QED) is 0.573. The number of carbonyl (C=O) groups is 2. The standard InChI is InChI=1S/C17H19FN2O2S2/c1-11(2)8-19-16(22)7-14-9-23-17(20-14)24-10-15(21)12-3-5-13(18)6-4-12/h3-6,9,11H,7-8,10H2,1-2H3,(H,19,22). The molecule has 0 atom stereocenters. The monoisotopic (exact) mass is 366 g/mol. The van der Waals surface area contributed by atoms with Gasteiger partial charge in [0.2, 0.25) is 5.91 Å². The van der Waals surface area contributed by atoms with Crippen molar-refractivity contribution in [2.75, 3.05) is 12.3 Å². The minimum atomic E-state index is -0.362. The van der Waals surface area contributed by atoms with Crippen molar-refractivity contribution in [3.8, 4) is 0 Å². The molecule has 0 spiro atoms. The Labute approximate surface area is 148 Å². The number of Topliss-reactive ketones (excluding diaryl/α,β-unsaturated/α-hetero) is 1. The molecule has 0 fully saturated rings. The summed E-state index contributed by atoms with van der Waals surface area (Å²) >= 11 is 2.74. The Hall–Kier alpha value is -1.73. The lowest BCUT2D eigenvalue weighted by molar-refractivity contribution is -0.120. The van der Waals surface area contributed by atoms with E-state index in [4.69, 9.17) is 0 Å². The topological polar surface area (TPSA) is 59.1 Å². The molecule has 1 N–H and O–H groups in total. The fourth-order valence-electron chi connectivity index (χ4n) is 1.83. The van der Waals surface area contributed by atoms with E-state index in [1.165, 1.54) is 47.4 Å². The number of thiazole rings is 1. The summed E-state index contributed by atoms with van der Waals surface area (Å²) in [4.78, 5) is 28.2. The first-order valence-corrected chi connectivity index (χ1v) is 9.43. The predicted octanol–water partition coefficient (Wildman–Crippen LogP) is 3.57. The largest absolute Gasteiger partial charge is 0.356 e. The number of benzene rings is 1. The molecule has 4 nitrogen and oxygen atoms in total. The zero-order valence-corrected chi connectivity index (χ0v) is 15.2. The van der Waals surface area contributed by atoms with E-state index >= 15 is 0 Å². The van der Waals surface area contributed by atoms with Crippen molar-refractivity contribution in [1.82, 2.24) is 10.3 Å². The maximum atomic E-state index is 12.8. The number of hydrogen-bond acceptors (Lipinski definition) is 5. The highest BCUT2D eigenvalue weighted by atomic mass is 32.2. The van der Waals surface area contributed by atoms with Crippen molar-refractivity contribution in [3.63, 3.8) is 0 Å². The van der Waals surface area contributed by atoms with Crippen molar-refractivity contribution in [3.05, 3.63) is 46.7 Å². The van der Waals surface area contributed by atoms with Crippen molar-refractivity contribution in [2.24, 2.45) is 5.92 Å². The van der Waals surface area contributed by atoms with E-state index in [1.54, 1.807) is 0 Å². The summed E-state index contributed by atoms with van der Waals surface area (Å²) in [6.07, 6.45) is 0.246. The van der Waals surface area contributed by atoms with Crippen LogP contribution in [0.4, 0.5) is 4.39 Å². The minimum absolute atomic E-state index is 0.0482. The van der Waals surface area contributed by atoms with E-state index in [0.29, 0.717) is 23.7 Å². The van der Waals surface area contributed by atoms with Crippen LogP contribution in [0.2, 0.25) is 0 Å². The Morgan fingerprint density at radius 1 is 1.29 bits per heavy atom. The van der Waals surface area contributed by atoms with E-state index in [1.807, 2.05) is 19.2 Å². The van der Waals surface area contributed by atoms with Gasteiger partial charge in [0.15, 0.2) is 10.1 Å². The van der Waals surface area contributed by atoms with Gasteiger partial charge in [0.25, 0.3) is 0 Å². The number of nitrogens with zero attached hydrogens (tertiary/aromatic N) is 1. The Morgan fingerprint density at radius 2 is 2.00 bits per heavy atom. The summed E-state index contributed by atoms with van der Waals surface area (Å²) in [6, 6.07) is 5.50. The zero-order valence-electron chi connectivity index (χ0n) is 13.5. The third-order valence-corrected chi connectivity index (χ3v) is 5.14. The summed E-state index contributed by atoms with van der Waals surface area (Å²) < 4.78 is 13.6. The lowest BCUT2D eigenvalue weighted by Crippen LogP contribution is -2.28. The molecule has 0 aliphatic heterocycles. The van der Waals surface area contributed by atoms with Gasteiger partial charge in [0.05, 0.1) is 17.9 Å². The van der Waals surface area contributed by atoms with Gasteiger partial charge < -0.3 is 5.32 Å². The van der Waals surface area contributed by atoms with Crippen LogP contribution in [0, 0.1) is 11.7 Å². The molecule has 0 unspecified atom stereocenters. The first-order valence-electron chi connectivity index (χ1n) is 7.56. The summed E-state index contributed by atoms with van der Waals surface area (Å²) in [7, 11) is 0. The molecule has 2 aromatic rings. The first kappa shape index (κ1) is 18.6. The van der Waals surface area contributed by atoms with Crippen LogP contribution in [0.25, 0.3) is 0 Å². The molecule has 0 bridgehead atoms. The van der Waals surface area contributed by atoms with Gasteiger partial charge in [-0.15, -0.1) is 11.3 Å². The summed E-state index contributed by atoms with van der Waals surface area (Å²) in [5, 5.41) is 4.68. The van der Waals surface area contributed by atoms with Crippen LogP contribution in [0.5, 0.6) is 0 Å². The van der Waals surface area contributed by atoms with Gasteiger partial charge in [-0.05, 0) is 30.2 Å². The van der Waals surface area contributed by atoms with Crippen LogP contribution in [-0.2, 0) is 11.2 Å². The number of halogens is 1.